The Morgan fingerprint density at radius 1 is 1.09 bits per heavy atom. The molecular weight excluding hydrogens is 446 g/mol. The largest absolute Gasteiger partial charge is 0.467 e. The summed E-state index contributed by atoms with van der Waals surface area (Å²) >= 11 is 1.58. The number of nitrogens with one attached hydrogen (secondary N) is 2. The minimum absolute atomic E-state index is 0.113. The monoisotopic (exact) mass is 475 g/mol. The van der Waals surface area contributed by atoms with Crippen LogP contribution in [0.1, 0.15) is 54.3 Å². The third-order valence-electron chi connectivity index (χ3n) is 6.57. The standard InChI is InChI=1S/C27H29N3O3S/c31-25(16-19-17-28-23-12-5-4-11-22(19)23)30(18-21-10-7-15-34-21)26(24-13-6-14-33-24)27(32)29-20-8-2-1-3-9-20/h4-7,10-15,17,20,26,28H,1-3,8-9,16,18H2,(H,29,32). The first-order valence-electron chi connectivity index (χ1n) is 11.9. The molecule has 7 heteroatoms. The topological polar surface area (TPSA) is 78.3 Å². The van der Waals surface area contributed by atoms with Crippen LogP contribution in [-0.4, -0.2) is 27.7 Å². The van der Waals surface area contributed by atoms with E-state index in [1.165, 1.54) is 6.42 Å². The molecule has 1 unspecified atom stereocenters. The third-order valence-corrected chi connectivity index (χ3v) is 7.43. The minimum atomic E-state index is -0.822. The quantitative estimate of drug-likeness (QED) is 0.349. The maximum atomic E-state index is 13.8. The normalized spacial score (nSPS) is 15.3. The number of carbonyl (C=O) groups is 2. The molecule has 4 aromatic rings. The van der Waals surface area contributed by atoms with E-state index in [0.717, 1.165) is 47.0 Å². The molecule has 1 fully saturated rings. The second kappa shape index (κ2) is 10.3. The molecule has 0 bridgehead atoms. The number of thiophene rings is 1. The Morgan fingerprint density at radius 2 is 1.94 bits per heavy atom. The summed E-state index contributed by atoms with van der Waals surface area (Å²) < 4.78 is 5.70. The van der Waals surface area contributed by atoms with Crippen LogP contribution in [-0.2, 0) is 22.6 Å². The van der Waals surface area contributed by atoms with E-state index in [1.807, 2.05) is 48.0 Å². The van der Waals surface area contributed by atoms with Gasteiger partial charge in [0.1, 0.15) is 5.76 Å². The smallest absolute Gasteiger partial charge is 0.250 e. The summed E-state index contributed by atoms with van der Waals surface area (Å²) in [5.41, 5.74) is 1.91. The summed E-state index contributed by atoms with van der Waals surface area (Å²) in [7, 11) is 0. The van der Waals surface area contributed by atoms with E-state index in [2.05, 4.69) is 10.3 Å². The Balaban J connectivity index is 1.46. The minimum Gasteiger partial charge on any atom is -0.467 e. The van der Waals surface area contributed by atoms with Crippen molar-refractivity contribution in [2.24, 2.45) is 0 Å². The molecule has 176 valence electrons. The maximum Gasteiger partial charge on any atom is 0.250 e. The molecule has 1 aliphatic carbocycles. The molecule has 0 saturated heterocycles. The van der Waals surface area contributed by atoms with Crippen molar-refractivity contribution in [1.82, 2.24) is 15.2 Å². The zero-order valence-electron chi connectivity index (χ0n) is 19.0. The van der Waals surface area contributed by atoms with Crippen LogP contribution in [0.5, 0.6) is 0 Å². The number of rotatable bonds is 8. The second-order valence-corrected chi connectivity index (χ2v) is 9.93. The van der Waals surface area contributed by atoms with Crippen molar-refractivity contribution in [1.29, 1.82) is 0 Å². The Hall–Kier alpha value is -3.32. The first-order valence-corrected chi connectivity index (χ1v) is 12.8. The van der Waals surface area contributed by atoms with E-state index >= 15 is 0 Å². The second-order valence-electron chi connectivity index (χ2n) is 8.90. The number of para-hydroxylation sites is 1. The fourth-order valence-electron chi connectivity index (χ4n) is 4.83. The van der Waals surface area contributed by atoms with Crippen LogP contribution in [0.4, 0.5) is 0 Å². The Kier molecular flexibility index (Phi) is 6.81. The molecule has 6 nitrogen and oxygen atoms in total. The molecule has 5 rings (SSSR count). The molecule has 1 saturated carbocycles. The number of nitrogens with zero attached hydrogens (tertiary/aromatic N) is 1. The zero-order valence-corrected chi connectivity index (χ0v) is 19.9. The number of H-pyrrole nitrogens is 1. The number of hydrogen-bond acceptors (Lipinski definition) is 4. The SMILES string of the molecule is O=C(NC1CCCCC1)C(c1ccco1)N(Cc1cccs1)C(=O)Cc1c[nH]c2ccccc12. The summed E-state index contributed by atoms with van der Waals surface area (Å²) in [5, 5.41) is 6.22. The molecule has 0 radical (unpaired) electrons. The molecule has 1 atom stereocenters. The lowest BCUT2D eigenvalue weighted by Gasteiger charge is -2.32. The van der Waals surface area contributed by atoms with Gasteiger partial charge >= 0.3 is 0 Å². The zero-order chi connectivity index (χ0) is 23.3. The van der Waals surface area contributed by atoms with Crippen molar-refractivity contribution in [3.8, 4) is 0 Å². The van der Waals surface area contributed by atoms with E-state index in [-0.39, 0.29) is 24.3 Å². The Labute approximate surface area is 203 Å². The third kappa shape index (κ3) is 4.94. The fourth-order valence-corrected chi connectivity index (χ4v) is 5.54. The summed E-state index contributed by atoms with van der Waals surface area (Å²) in [6.45, 7) is 0.350. The number of hydrogen-bond donors (Lipinski definition) is 2. The van der Waals surface area contributed by atoms with Gasteiger partial charge in [0, 0.05) is 28.0 Å². The predicted molar refractivity (Wildman–Crippen MR) is 133 cm³/mol. The Bertz CT molecular complexity index is 1220. The lowest BCUT2D eigenvalue weighted by molar-refractivity contribution is -0.142. The fraction of sp³-hybridized carbons (Fsp3) is 0.333. The van der Waals surface area contributed by atoms with Crippen molar-refractivity contribution >= 4 is 34.1 Å². The highest BCUT2D eigenvalue weighted by Crippen LogP contribution is 2.29. The van der Waals surface area contributed by atoms with E-state index in [9.17, 15) is 9.59 Å². The molecule has 0 aliphatic heterocycles. The van der Waals surface area contributed by atoms with Crippen LogP contribution in [0.2, 0.25) is 0 Å². The summed E-state index contributed by atoms with van der Waals surface area (Å²) in [5.74, 6) is 0.196. The molecule has 3 aromatic heterocycles. The van der Waals surface area contributed by atoms with Crippen LogP contribution < -0.4 is 5.32 Å². The molecule has 0 spiro atoms. The molecule has 3 heterocycles. The van der Waals surface area contributed by atoms with Gasteiger partial charge in [0.2, 0.25) is 5.91 Å². The highest BCUT2D eigenvalue weighted by Gasteiger charge is 2.35. The number of carbonyl (C=O) groups excluding carboxylic acids is 2. The van der Waals surface area contributed by atoms with E-state index in [0.29, 0.717) is 12.3 Å². The number of furan rings is 1. The van der Waals surface area contributed by atoms with Gasteiger partial charge < -0.3 is 19.6 Å². The summed E-state index contributed by atoms with van der Waals surface area (Å²) in [4.78, 5) is 33.4. The van der Waals surface area contributed by atoms with Crippen LogP contribution >= 0.6 is 11.3 Å². The van der Waals surface area contributed by atoms with Gasteiger partial charge in [-0.1, -0.05) is 43.5 Å². The number of benzene rings is 1. The van der Waals surface area contributed by atoms with Crippen LogP contribution in [0, 0.1) is 0 Å². The van der Waals surface area contributed by atoms with E-state index in [4.69, 9.17) is 4.42 Å². The lowest BCUT2D eigenvalue weighted by atomic mass is 9.95. The predicted octanol–water partition coefficient (Wildman–Crippen LogP) is 5.58. The number of amides is 2. The van der Waals surface area contributed by atoms with Crippen LogP contribution in [0.15, 0.2) is 70.8 Å². The van der Waals surface area contributed by atoms with Gasteiger partial charge in [0.05, 0.1) is 19.2 Å². The van der Waals surface area contributed by atoms with Crippen molar-refractivity contribution in [3.63, 3.8) is 0 Å². The van der Waals surface area contributed by atoms with Gasteiger partial charge in [-0.25, -0.2) is 0 Å². The maximum absolute atomic E-state index is 13.8. The van der Waals surface area contributed by atoms with Crippen molar-refractivity contribution in [2.75, 3.05) is 0 Å². The number of aromatic nitrogens is 1. The lowest BCUT2D eigenvalue weighted by Crippen LogP contribution is -2.47. The molecular formula is C27H29N3O3S. The van der Waals surface area contributed by atoms with E-state index in [1.54, 1.807) is 34.6 Å². The first kappa shape index (κ1) is 22.5. The van der Waals surface area contributed by atoms with Crippen LogP contribution in [0.3, 0.4) is 0 Å². The highest BCUT2D eigenvalue weighted by molar-refractivity contribution is 7.09. The number of aromatic amines is 1. The van der Waals surface area contributed by atoms with Gasteiger partial charge in [-0.05, 0) is 48.1 Å². The molecule has 1 aromatic carbocycles. The average Bonchev–Trinajstić information content (AvgIpc) is 3.63. The molecule has 1 aliphatic rings. The molecule has 2 N–H and O–H groups in total. The summed E-state index contributed by atoms with van der Waals surface area (Å²) in [6.07, 6.45) is 9.05. The highest BCUT2D eigenvalue weighted by atomic mass is 32.1. The van der Waals surface area contributed by atoms with Gasteiger partial charge in [-0.15, -0.1) is 11.3 Å². The van der Waals surface area contributed by atoms with Gasteiger partial charge in [0.25, 0.3) is 5.91 Å². The Morgan fingerprint density at radius 3 is 2.71 bits per heavy atom. The molecule has 34 heavy (non-hydrogen) atoms. The van der Waals surface area contributed by atoms with E-state index < -0.39 is 6.04 Å². The van der Waals surface area contributed by atoms with Gasteiger partial charge in [0.15, 0.2) is 6.04 Å². The van der Waals surface area contributed by atoms with Crippen LogP contribution in [0.25, 0.3) is 10.9 Å². The molecule has 2 amide bonds. The average molecular weight is 476 g/mol. The first-order chi connectivity index (χ1) is 16.7. The van der Waals surface area contributed by atoms with Gasteiger partial charge in [-0.2, -0.15) is 0 Å². The van der Waals surface area contributed by atoms with Crippen molar-refractivity contribution in [3.05, 3.63) is 82.6 Å². The van der Waals surface area contributed by atoms with Gasteiger partial charge in [-0.3, -0.25) is 9.59 Å². The van der Waals surface area contributed by atoms with Crippen molar-refractivity contribution < 1.29 is 14.0 Å². The number of fused-ring (bicyclic) bond motifs is 1. The van der Waals surface area contributed by atoms with Crippen molar-refractivity contribution in [2.45, 2.75) is 57.2 Å². The summed E-state index contributed by atoms with van der Waals surface area (Å²) in [6, 6.07) is 14.8.